The van der Waals surface area contributed by atoms with Crippen LogP contribution in [-0.4, -0.2) is 47.1 Å². The monoisotopic (exact) mass is 429 g/mol. The Kier molecular flexibility index (Phi) is 6.49. The number of carbonyl (C=O) groups excluding carboxylic acids is 2. The second-order valence-corrected chi connectivity index (χ2v) is 6.74. The van der Waals surface area contributed by atoms with Crippen LogP contribution in [0.3, 0.4) is 0 Å². The minimum Gasteiger partial charge on any atom is -0.494 e. The highest BCUT2D eigenvalue weighted by Crippen LogP contribution is 2.18. The highest BCUT2D eigenvalue weighted by molar-refractivity contribution is 5.82. The van der Waals surface area contributed by atoms with Crippen LogP contribution in [0.15, 0.2) is 52.1 Å². The molecule has 0 unspecified atom stereocenters. The van der Waals surface area contributed by atoms with Crippen LogP contribution in [0, 0.1) is 5.82 Å². The summed E-state index contributed by atoms with van der Waals surface area (Å²) in [6.07, 6.45) is 0. The van der Waals surface area contributed by atoms with Gasteiger partial charge in [0.1, 0.15) is 6.54 Å². The van der Waals surface area contributed by atoms with Crippen LogP contribution in [-0.2, 0) is 27.4 Å². The molecule has 2 aromatic carbocycles. The van der Waals surface area contributed by atoms with E-state index in [1.165, 1.54) is 43.3 Å². The van der Waals surface area contributed by atoms with Gasteiger partial charge in [0.2, 0.25) is 0 Å². The molecule has 0 saturated heterocycles. The summed E-state index contributed by atoms with van der Waals surface area (Å²) in [5.74, 6) is -1.79. The number of halogens is 1. The van der Waals surface area contributed by atoms with Gasteiger partial charge in [0.25, 0.3) is 11.5 Å². The first-order valence-corrected chi connectivity index (χ1v) is 9.24. The third-order valence-corrected chi connectivity index (χ3v) is 4.61. The van der Waals surface area contributed by atoms with Crippen molar-refractivity contribution in [1.82, 2.24) is 14.5 Å². The molecule has 31 heavy (non-hydrogen) atoms. The number of likely N-dealkylation sites (N-methyl/N-ethyl adjacent to an activating group) is 1. The lowest BCUT2D eigenvalue weighted by atomic mass is 10.2. The molecule has 0 radical (unpaired) electrons. The number of aromatic nitrogens is 2. The number of benzene rings is 2. The number of rotatable bonds is 7. The molecule has 3 aromatic rings. The number of nitrogens with zero attached hydrogens (tertiary/aromatic N) is 2. The Balaban J connectivity index is 1.61. The van der Waals surface area contributed by atoms with Crippen molar-refractivity contribution in [2.45, 2.75) is 13.1 Å². The van der Waals surface area contributed by atoms with E-state index in [1.54, 1.807) is 18.2 Å². The Hall–Kier alpha value is -3.95. The average molecular weight is 429 g/mol. The first kappa shape index (κ1) is 21.8. The highest BCUT2D eigenvalue weighted by Gasteiger charge is 2.16. The van der Waals surface area contributed by atoms with Crippen LogP contribution in [0.4, 0.5) is 4.39 Å². The van der Waals surface area contributed by atoms with Gasteiger partial charge in [0, 0.05) is 13.6 Å². The van der Waals surface area contributed by atoms with E-state index >= 15 is 0 Å². The normalized spacial score (nSPS) is 10.7. The summed E-state index contributed by atoms with van der Waals surface area (Å²) in [5, 5.41) is 0.248. The number of esters is 1. The maximum atomic E-state index is 13.8. The molecule has 0 atom stereocenters. The van der Waals surface area contributed by atoms with E-state index in [0.29, 0.717) is 5.56 Å². The number of nitrogens with one attached hydrogen (secondary N) is 1. The fraction of sp³-hybridized carbons (Fsp3) is 0.238. The molecule has 1 amide bonds. The van der Waals surface area contributed by atoms with E-state index in [2.05, 4.69) is 4.98 Å². The van der Waals surface area contributed by atoms with Gasteiger partial charge >= 0.3 is 11.7 Å². The van der Waals surface area contributed by atoms with E-state index in [9.17, 15) is 23.6 Å². The standard InChI is InChI=1S/C21H20FN3O6/c1-24(10-13-7-8-17(30-2)15(22)9-13)18(26)12-31-19(27)11-25-16-6-4-3-5-14(16)20(28)23-21(25)29/h3-9H,10-12H2,1-2H3,(H,23,28,29). The molecular formula is C21H20FN3O6. The van der Waals surface area contributed by atoms with Gasteiger partial charge in [-0.2, -0.15) is 0 Å². The summed E-state index contributed by atoms with van der Waals surface area (Å²) in [7, 11) is 2.84. The van der Waals surface area contributed by atoms with Crippen LogP contribution < -0.4 is 16.0 Å². The van der Waals surface area contributed by atoms with Crippen molar-refractivity contribution in [2.24, 2.45) is 0 Å². The number of amides is 1. The molecule has 0 aliphatic carbocycles. The Labute approximate surface area is 175 Å². The number of H-pyrrole nitrogens is 1. The number of aromatic amines is 1. The summed E-state index contributed by atoms with van der Waals surface area (Å²) in [6.45, 7) is -0.928. The highest BCUT2D eigenvalue weighted by atomic mass is 19.1. The van der Waals surface area contributed by atoms with Crippen molar-refractivity contribution in [1.29, 1.82) is 0 Å². The lowest BCUT2D eigenvalue weighted by Gasteiger charge is -2.18. The number of hydrogen-bond donors (Lipinski definition) is 1. The number of hydrogen-bond acceptors (Lipinski definition) is 6. The Bertz CT molecular complexity index is 1250. The number of ether oxygens (including phenoxy) is 2. The Morgan fingerprint density at radius 1 is 1.16 bits per heavy atom. The van der Waals surface area contributed by atoms with Crippen LogP contribution in [0.1, 0.15) is 5.56 Å². The van der Waals surface area contributed by atoms with Crippen molar-refractivity contribution in [3.63, 3.8) is 0 Å². The minimum atomic E-state index is -0.823. The molecular weight excluding hydrogens is 409 g/mol. The third-order valence-electron chi connectivity index (χ3n) is 4.61. The molecule has 0 aliphatic rings. The Morgan fingerprint density at radius 2 is 1.90 bits per heavy atom. The zero-order valence-electron chi connectivity index (χ0n) is 16.9. The third kappa shape index (κ3) is 4.97. The fourth-order valence-corrected chi connectivity index (χ4v) is 3.00. The maximum absolute atomic E-state index is 13.8. The molecule has 1 N–H and O–H groups in total. The van der Waals surface area contributed by atoms with Crippen LogP contribution in [0.25, 0.3) is 10.9 Å². The van der Waals surface area contributed by atoms with Gasteiger partial charge in [-0.25, -0.2) is 9.18 Å². The van der Waals surface area contributed by atoms with Gasteiger partial charge in [-0.15, -0.1) is 0 Å². The summed E-state index contributed by atoms with van der Waals surface area (Å²) in [5.41, 5.74) is -0.507. The summed E-state index contributed by atoms with van der Waals surface area (Å²) < 4.78 is 24.7. The van der Waals surface area contributed by atoms with Crippen molar-refractivity contribution in [2.75, 3.05) is 20.8 Å². The summed E-state index contributed by atoms with van der Waals surface area (Å²) in [6, 6.07) is 10.6. The topological polar surface area (TPSA) is 111 Å². The first-order valence-electron chi connectivity index (χ1n) is 9.24. The molecule has 0 aliphatic heterocycles. The average Bonchev–Trinajstić information content (AvgIpc) is 2.75. The van der Waals surface area contributed by atoms with Crippen molar-refractivity contribution < 1.29 is 23.5 Å². The molecule has 0 bridgehead atoms. The zero-order valence-corrected chi connectivity index (χ0v) is 16.9. The second kappa shape index (κ2) is 9.24. The van der Waals surface area contributed by atoms with E-state index in [-0.39, 0.29) is 23.2 Å². The molecule has 0 saturated carbocycles. The van der Waals surface area contributed by atoms with E-state index in [0.717, 1.165) is 4.57 Å². The van der Waals surface area contributed by atoms with Gasteiger partial charge in [-0.05, 0) is 29.8 Å². The fourth-order valence-electron chi connectivity index (χ4n) is 3.00. The van der Waals surface area contributed by atoms with Crippen molar-refractivity contribution in [3.8, 4) is 5.75 Å². The summed E-state index contributed by atoms with van der Waals surface area (Å²) >= 11 is 0. The van der Waals surface area contributed by atoms with Crippen LogP contribution in [0.2, 0.25) is 0 Å². The second-order valence-electron chi connectivity index (χ2n) is 6.74. The molecule has 9 nitrogen and oxygen atoms in total. The number of carbonyl (C=O) groups is 2. The predicted molar refractivity (Wildman–Crippen MR) is 109 cm³/mol. The predicted octanol–water partition coefficient (Wildman–Crippen LogP) is 1.04. The van der Waals surface area contributed by atoms with Crippen LogP contribution in [0.5, 0.6) is 5.75 Å². The largest absolute Gasteiger partial charge is 0.494 e. The molecule has 1 heterocycles. The Morgan fingerprint density at radius 3 is 2.61 bits per heavy atom. The van der Waals surface area contributed by atoms with Gasteiger partial charge in [-0.1, -0.05) is 18.2 Å². The zero-order chi connectivity index (χ0) is 22.5. The molecule has 162 valence electrons. The number of methoxy groups -OCH3 is 1. The maximum Gasteiger partial charge on any atom is 0.329 e. The number of fused-ring (bicyclic) bond motifs is 1. The van der Waals surface area contributed by atoms with E-state index in [1.807, 2.05) is 0 Å². The minimum absolute atomic E-state index is 0.0942. The lowest BCUT2D eigenvalue weighted by Crippen LogP contribution is -2.34. The van der Waals surface area contributed by atoms with Crippen molar-refractivity contribution >= 4 is 22.8 Å². The first-order chi connectivity index (χ1) is 14.8. The molecule has 1 aromatic heterocycles. The van der Waals surface area contributed by atoms with Gasteiger partial charge in [0.05, 0.1) is 18.0 Å². The quantitative estimate of drug-likeness (QED) is 0.562. The molecule has 0 fully saturated rings. The molecule has 10 heteroatoms. The molecule has 3 rings (SSSR count). The number of para-hydroxylation sites is 1. The van der Waals surface area contributed by atoms with Crippen LogP contribution >= 0.6 is 0 Å². The molecule has 0 spiro atoms. The lowest BCUT2D eigenvalue weighted by molar-refractivity contribution is -0.152. The van der Waals surface area contributed by atoms with Gasteiger partial charge in [0.15, 0.2) is 18.2 Å². The van der Waals surface area contributed by atoms with Gasteiger partial charge < -0.3 is 14.4 Å². The van der Waals surface area contributed by atoms with Crippen molar-refractivity contribution in [3.05, 3.63) is 74.7 Å². The van der Waals surface area contributed by atoms with E-state index in [4.69, 9.17) is 9.47 Å². The van der Waals surface area contributed by atoms with E-state index < -0.39 is 42.1 Å². The SMILES string of the molecule is COc1ccc(CN(C)C(=O)COC(=O)Cn2c(=O)[nH]c(=O)c3ccccc32)cc1F. The smallest absolute Gasteiger partial charge is 0.329 e. The summed E-state index contributed by atoms with van der Waals surface area (Å²) in [4.78, 5) is 51.8. The van der Waals surface area contributed by atoms with Gasteiger partial charge in [-0.3, -0.25) is 23.9 Å².